The third kappa shape index (κ3) is 3.75. The molecule has 1 N–H and O–H groups in total. The molecule has 0 unspecified atom stereocenters. The van der Waals surface area contributed by atoms with Crippen LogP contribution in [0, 0.1) is 18.7 Å². The van der Waals surface area contributed by atoms with Crippen LogP contribution in [0.4, 0.5) is 4.39 Å². The summed E-state index contributed by atoms with van der Waals surface area (Å²) >= 11 is 0. The molecule has 148 valence electrons. The van der Waals surface area contributed by atoms with E-state index in [1.54, 1.807) is 12.1 Å². The molecule has 1 fully saturated rings. The topological polar surface area (TPSA) is 51.1 Å². The molecule has 5 heteroatoms. The van der Waals surface area contributed by atoms with Gasteiger partial charge in [0.15, 0.2) is 5.78 Å². The van der Waals surface area contributed by atoms with Crippen molar-refractivity contribution in [1.29, 1.82) is 0 Å². The molecule has 0 aliphatic heterocycles. The summed E-state index contributed by atoms with van der Waals surface area (Å²) in [5, 5.41) is 3.10. The molecule has 1 saturated carbocycles. The Morgan fingerprint density at radius 3 is 2.64 bits per heavy atom. The highest BCUT2D eigenvalue weighted by Crippen LogP contribution is 2.33. The number of nitrogens with zero attached hydrogens (tertiary/aromatic N) is 1. The van der Waals surface area contributed by atoms with Gasteiger partial charge in [0.2, 0.25) is 5.91 Å². The van der Waals surface area contributed by atoms with Gasteiger partial charge in [0, 0.05) is 36.0 Å². The summed E-state index contributed by atoms with van der Waals surface area (Å²) < 4.78 is 15.4. The SMILES string of the molecule is Cc1c(CC(=O)N[C@@H](C)C2CC2)c2c(n1Cc1ccc(F)cc1)CCCC2=O. The fourth-order valence-corrected chi connectivity index (χ4v) is 4.37. The molecule has 0 bridgehead atoms. The Labute approximate surface area is 165 Å². The summed E-state index contributed by atoms with van der Waals surface area (Å²) in [7, 11) is 0. The number of ketones is 1. The Hall–Kier alpha value is -2.43. The van der Waals surface area contributed by atoms with Crippen LogP contribution in [0.2, 0.25) is 0 Å². The lowest BCUT2D eigenvalue weighted by Crippen LogP contribution is -2.35. The molecule has 4 rings (SSSR count). The zero-order valence-electron chi connectivity index (χ0n) is 16.6. The minimum Gasteiger partial charge on any atom is -0.353 e. The maximum atomic E-state index is 13.2. The van der Waals surface area contributed by atoms with E-state index in [4.69, 9.17) is 0 Å². The van der Waals surface area contributed by atoms with E-state index >= 15 is 0 Å². The van der Waals surface area contributed by atoms with Gasteiger partial charge in [0.1, 0.15) is 5.82 Å². The molecule has 4 nitrogen and oxygen atoms in total. The fourth-order valence-electron chi connectivity index (χ4n) is 4.37. The van der Waals surface area contributed by atoms with Gasteiger partial charge in [0.05, 0.1) is 6.42 Å². The first-order valence-corrected chi connectivity index (χ1v) is 10.2. The first-order chi connectivity index (χ1) is 13.4. The zero-order valence-corrected chi connectivity index (χ0v) is 16.6. The Bertz CT molecular complexity index is 910. The molecule has 0 spiro atoms. The molecule has 2 aliphatic carbocycles. The van der Waals surface area contributed by atoms with Crippen molar-refractivity contribution in [2.45, 2.75) is 65.0 Å². The number of hydrogen-bond acceptors (Lipinski definition) is 2. The summed E-state index contributed by atoms with van der Waals surface area (Å²) in [6, 6.07) is 6.66. The lowest BCUT2D eigenvalue weighted by atomic mass is 9.92. The third-order valence-corrected chi connectivity index (χ3v) is 6.16. The van der Waals surface area contributed by atoms with E-state index in [1.807, 2.05) is 6.92 Å². The van der Waals surface area contributed by atoms with Gasteiger partial charge in [-0.2, -0.15) is 0 Å². The molecule has 1 aromatic carbocycles. The number of nitrogens with one attached hydrogen (secondary N) is 1. The first kappa shape index (κ1) is 18.9. The number of benzene rings is 1. The summed E-state index contributed by atoms with van der Waals surface area (Å²) in [6.07, 6.45) is 4.82. The van der Waals surface area contributed by atoms with Crippen LogP contribution in [0.3, 0.4) is 0 Å². The van der Waals surface area contributed by atoms with Gasteiger partial charge in [-0.3, -0.25) is 9.59 Å². The number of fused-ring (bicyclic) bond motifs is 1. The summed E-state index contributed by atoms with van der Waals surface area (Å²) in [6.45, 7) is 4.63. The van der Waals surface area contributed by atoms with E-state index in [0.29, 0.717) is 18.9 Å². The van der Waals surface area contributed by atoms with Crippen LogP contribution >= 0.6 is 0 Å². The second kappa shape index (κ2) is 7.53. The minimum absolute atomic E-state index is 0.0115. The Morgan fingerprint density at radius 2 is 1.96 bits per heavy atom. The lowest BCUT2D eigenvalue weighted by molar-refractivity contribution is -0.121. The van der Waals surface area contributed by atoms with E-state index in [9.17, 15) is 14.0 Å². The highest BCUT2D eigenvalue weighted by molar-refractivity contribution is 6.01. The molecular weight excluding hydrogens is 355 g/mol. The van der Waals surface area contributed by atoms with Crippen LogP contribution < -0.4 is 5.32 Å². The Balaban J connectivity index is 1.63. The standard InChI is InChI=1S/C23H27FN2O2/c1-14(17-8-9-17)25-22(28)12-19-15(2)26(13-16-6-10-18(24)11-7-16)20-4-3-5-21(27)23(19)20/h6-7,10-11,14,17H,3-5,8-9,12-13H2,1-2H3,(H,25,28)/t14-/m0/s1. The van der Waals surface area contributed by atoms with Crippen LogP contribution in [-0.4, -0.2) is 22.3 Å². The normalized spacial score (nSPS) is 17.3. The number of carbonyl (C=O) groups is 2. The monoisotopic (exact) mass is 382 g/mol. The molecule has 0 saturated heterocycles. The number of Topliss-reactive ketones (excluding diaryl/α,β-unsaturated/α-hetero) is 1. The van der Waals surface area contributed by atoms with Crippen LogP contribution in [-0.2, 0) is 24.2 Å². The van der Waals surface area contributed by atoms with Crippen LogP contribution in [0.15, 0.2) is 24.3 Å². The van der Waals surface area contributed by atoms with Crippen LogP contribution in [0.1, 0.15) is 65.5 Å². The van der Waals surface area contributed by atoms with Crippen molar-refractivity contribution in [3.8, 4) is 0 Å². The summed E-state index contributed by atoms with van der Waals surface area (Å²) in [5.74, 6) is 0.471. The lowest BCUT2D eigenvalue weighted by Gasteiger charge is -2.16. The number of aromatic nitrogens is 1. The van der Waals surface area contributed by atoms with Crippen LogP contribution in [0.5, 0.6) is 0 Å². The molecule has 0 radical (unpaired) electrons. The molecule has 2 aliphatic rings. The number of amides is 1. The smallest absolute Gasteiger partial charge is 0.224 e. The predicted octanol–water partition coefficient (Wildman–Crippen LogP) is 3.96. The van der Waals surface area contributed by atoms with Crippen molar-refractivity contribution < 1.29 is 14.0 Å². The first-order valence-electron chi connectivity index (χ1n) is 10.2. The predicted molar refractivity (Wildman–Crippen MR) is 106 cm³/mol. The van der Waals surface area contributed by atoms with Gasteiger partial charge < -0.3 is 9.88 Å². The second-order valence-corrected chi connectivity index (χ2v) is 8.25. The van der Waals surface area contributed by atoms with Gasteiger partial charge in [0.25, 0.3) is 0 Å². The largest absolute Gasteiger partial charge is 0.353 e. The van der Waals surface area contributed by atoms with Crippen molar-refractivity contribution >= 4 is 11.7 Å². The van der Waals surface area contributed by atoms with E-state index in [0.717, 1.165) is 40.9 Å². The van der Waals surface area contributed by atoms with E-state index in [-0.39, 0.29) is 30.0 Å². The van der Waals surface area contributed by atoms with E-state index in [1.165, 1.54) is 25.0 Å². The second-order valence-electron chi connectivity index (χ2n) is 8.25. The van der Waals surface area contributed by atoms with Gasteiger partial charge in [-0.1, -0.05) is 12.1 Å². The van der Waals surface area contributed by atoms with Gasteiger partial charge in [-0.15, -0.1) is 0 Å². The molecule has 2 aromatic rings. The number of carbonyl (C=O) groups excluding carboxylic acids is 2. The van der Waals surface area contributed by atoms with E-state index < -0.39 is 0 Å². The van der Waals surface area contributed by atoms with Crippen molar-refractivity contribution in [3.05, 3.63) is 58.2 Å². The maximum Gasteiger partial charge on any atom is 0.224 e. The van der Waals surface area contributed by atoms with Crippen LogP contribution in [0.25, 0.3) is 0 Å². The van der Waals surface area contributed by atoms with Crippen molar-refractivity contribution in [2.75, 3.05) is 0 Å². The molecule has 28 heavy (non-hydrogen) atoms. The quantitative estimate of drug-likeness (QED) is 0.822. The molecule has 1 amide bonds. The van der Waals surface area contributed by atoms with Gasteiger partial charge >= 0.3 is 0 Å². The highest BCUT2D eigenvalue weighted by atomic mass is 19.1. The Kier molecular flexibility index (Phi) is 5.09. The van der Waals surface area contributed by atoms with Gasteiger partial charge in [-0.05, 0) is 68.7 Å². The van der Waals surface area contributed by atoms with E-state index in [2.05, 4.69) is 16.8 Å². The fraction of sp³-hybridized carbons (Fsp3) is 0.478. The summed E-state index contributed by atoms with van der Waals surface area (Å²) in [4.78, 5) is 25.3. The molecule has 1 aromatic heterocycles. The van der Waals surface area contributed by atoms with Crippen molar-refractivity contribution in [2.24, 2.45) is 5.92 Å². The molecule has 1 atom stereocenters. The minimum atomic E-state index is -0.257. The highest BCUT2D eigenvalue weighted by Gasteiger charge is 2.31. The average molecular weight is 382 g/mol. The molecular formula is C23H27FN2O2. The Morgan fingerprint density at radius 1 is 1.25 bits per heavy atom. The number of hydrogen-bond donors (Lipinski definition) is 1. The maximum absolute atomic E-state index is 13.2. The number of halogens is 1. The van der Waals surface area contributed by atoms with Gasteiger partial charge in [-0.25, -0.2) is 4.39 Å². The van der Waals surface area contributed by atoms with Crippen molar-refractivity contribution in [1.82, 2.24) is 9.88 Å². The molecule has 1 heterocycles. The summed E-state index contributed by atoms with van der Waals surface area (Å²) in [5.41, 5.74) is 4.59. The number of rotatable bonds is 6. The third-order valence-electron chi connectivity index (χ3n) is 6.16. The average Bonchev–Trinajstić information content (AvgIpc) is 3.47. The zero-order chi connectivity index (χ0) is 19.8. The van der Waals surface area contributed by atoms with Crippen molar-refractivity contribution in [3.63, 3.8) is 0 Å².